The molecule has 166 valence electrons. The summed E-state index contributed by atoms with van der Waals surface area (Å²) in [5.74, 6) is 1.19. The first-order valence-electron chi connectivity index (χ1n) is 10.2. The molecule has 2 aromatic heterocycles. The summed E-state index contributed by atoms with van der Waals surface area (Å²) in [5, 5.41) is 0. The number of rotatable bonds is 6. The van der Waals surface area contributed by atoms with Crippen molar-refractivity contribution < 1.29 is 27.4 Å². The van der Waals surface area contributed by atoms with Crippen LogP contribution in [0.4, 0.5) is 13.2 Å². The number of carbonyl (C=O) groups is 1. The number of carbonyl (C=O) groups excluding carboxylic acids is 1. The molecule has 31 heavy (non-hydrogen) atoms. The molecule has 0 radical (unpaired) electrons. The third-order valence-corrected chi connectivity index (χ3v) is 5.64. The Hall–Kier alpha value is -2.91. The van der Waals surface area contributed by atoms with Gasteiger partial charge in [0.2, 0.25) is 0 Å². The zero-order valence-corrected chi connectivity index (χ0v) is 17.2. The number of halogens is 3. The van der Waals surface area contributed by atoms with Gasteiger partial charge in [-0.3, -0.25) is 4.79 Å². The Morgan fingerprint density at radius 3 is 2.58 bits per heavy atom. The largest absolute Gasteiger partial charge is 0.491 e. The Bertz CT molecular complexity index is 952. The molecule has 0 N–H and O–H groups in total. The van der Waals surface area contributed by atoms with Crippen LogP contribution in [0.1, 0.15) is 41.5 Å². The van der Waals surface area contributed by atoms with E-state index in [1.165, 1.54) is 0 Å². The lowest BCUT2D eigenvalue weighted by Crippen LogP contribution is -2.48. The average molecular weight is 436 g/mol. The summed E-state index contributed by atoms with van der Waals surface area (Å²) in [5.41, 5.74) is 0.0277. The highest BCUT2D eigenvalue weighted by Crippen LogP contribution is 2.47. The number of likely N-dealkylation sites (tertiary alicyclic amines) is 1. The molecule has 2 aromatic rings. The van der Waals surface area contributed by atoms with Gasteiger partial charge in [0.1, 0.15) is 6.61 Å². The van der Waals surface area contributed by atoms with Crippen LogP contribution in [-0.2, 0) is 6.18 Å². The van der Waals surface area contributed by atoms with Crippen LogP contribution < -0.4 is 9.47 Å². The van der Waals surface area contributed by atoms with E-state index in [0.717, 1.165) is 12.8 Å². The van der Waals surface area contributed by atoms with Gasteiger partial charge in [-0.2, -0.15) is 13.2 Å². The molecule has 1 saturated carbocycles. The van der Waals surface area contributed by atoms with Crippen molar-refractivity contribution in [1.29, 1.82) is 0 Å². The minimum Gasteiger partial charge on any atom is -0.491 e. The summed E-state index contributed by atoms with van der Waals surface area (Å²) < 4.78 is 49.2. The zero-order valence-electron chi connectivity index (χ0n) is 17.2. The Morgan fingerprint density at radius 2 is 1.90 bits per heavy atom. The first-order valence-corrected chi connectivity index (χ1v) is 10.2. The van der Waals surface area contributed by atoms with Crippen molar-refractivity contribution >= 4 is 5.91 Å². The molecule has 1 amide bonds. The predicted molar refractivity (Wildman–Crippen MR) is 104 cm³/mol. The standard InChI is InChI=1S/C21H23F3N4O3/c1-3-30-17-5-4-12(2)27-18(17)19(29)28-10-14-6-13(14)7-16(28)11-31-20-25-8-15(9-26-20)21(22,23)24/h4-5,8-9,13-14,16H,3,6-7,10-11H2,1-2H3/t13?,14-,16-/m0/s1. The number of ether oxygens (including phenoxy) is 2. The molecular formula is C21H23F3N4O3. The Labute approximate surface area is 177 Å². The smallest absolute Gasteiger partial charge is 0.419 e. The lowest BCUT2D eigenvalue weighted by atomic mass is 10.0. The third-order valence-electron chi connectivity index (χ3n) is 5.64. The second-order valence-corrected chi connectivity index (χ2v) is 7.90. The topological polar surface area (TPSA) is 77.4 Å². The molecule has 1 unspecified atom stereocenters. The summed E-state index contributed by atoms with van der Waals surface area (Å²) >= 11 is 0. The lowest BCUT2D eigenvalue weighted by molar-refractivity contribution is -0.138. The molecule has 1 aliphatic heterocycles. The average Bonchev–Trinajstić information content (AvgIpc) is 3.50. The van der Waals surface area contributed by atoms with Crippen molar-refractivity contribution in [2.45, 2.75) is 38.9 Å². The molecule has 1 aliphatic carbocycles. The number of hydrogen-bond donors (Lipinski definition) is 0. The van der Waals surface area contributed by atoms with Crippen LogP contribution in [0.5, 0.6) is 11.8 Å². The maximum absolute atomic E-state index is 13.4. The fourth-order valence-electron chi connectivity index (χ4n) is 3.92. The molecule has 1 saturated heterocycles. The highest BCUT2D eigenvalue weighted by molar-refractivity contribution is 5.95. The van der Waals surface area contributed by atoms with Crippen molar-refractivity contribution in [2.24, 2.45) is 11.8 Å². The van der Waals surface area contributed by atoms with Crippen molar-refractivity contribution in [3.05, 3.63) is 41.5 Å². The van der Waals surface area contributed by atoms with Gasteiger partial charge in [-0.15, -0.1) is 0 Å². The highest BCUT2D eigenvalue weighted by atomic mass is 19.4. The molecule has 0 spiro atoms. The monoisotopic (exact) mass is 436 g/mol. The van der Waals surface area contributed by atoms with Crippen molar-refractivity contribution in [3.63, 3.8) is 0 Å². The molecule has 4 rings (SSSR count). The van der Waals surface area contributed by atoms with Crippen molar-refractivity contribution in [1.82, 2.24) is 19.9 Å². The molecule has 3 heterocycles. The van der Waals surface area contributed by atoms with E-state index in [9.17, 15) is 18.0 Å². The number of nitrogens with zero attached hydrogens (tertiary/aromatic N) is 4. The fourth-order valence-corrected chi connectivity index (χ4v) is 3.92. The Kier molecular flexibility index (Phi) is 5.72. The van der Waals surface area contributed by atoms with E-state index in [1.54, 1.807) is 17.0 Å². The molecular weight excluding hydrogens is 413 g/mol. The van der Waals surface area contributed by atoms with Crippen LogP contribution in [0.3, 0.4) is 0 Å². The van der Waals surface area contributed by atoms with Gasteiger partial charge in [-0.05, 0) is 50.7 Å². The third kappa shape index (κ3) is 4.72. The maximum atomic E-state index is 13.4. The first kappa shape index (κ1) is 21.3. The van der Waals surface area contributed by atoms with Crippen molar-refractivity contribution in [3.8, 4) is 11.8 Å². The predicted octanol–water partition coefficient (Wildman–Crippen LogP) is 3.53. The van der Waals surface area contributed by atoms with E-state index in [1.807, 2.05) is 13.8 Å². The Morgan fingerprint density at radius 1 is 1.16 bits per heavy atom. The van der Waals surface area contributed by atoms with Gasteiger partial charge in [0.25, 0.3) is 5.91 Å². The minimum atomic E-state index is -4.51. The van der Waals surface area contributed by atoms with Crippen LogP contribution in [0, 0.1) is 18.8 Å². The zero-order chi connectivity index (χ0) is 22.2. The van der Waals surface area contributed by atoms with Gasteiger partial charge in [-0.1, -0.05) is 0 Å². The summed E-state index contributed by atoms with van der Waals surface area (Å²) in [6.07, 6.45) is -1.32. The molecule has 2 aliphatic rings. The summed E-state index contributed by atoms with van der Waals surface area (Å²) in [7, 11) is 0. The Balaban J connectivity index is 1.49. The molecule has 7 nitrogen and oxygen atoms in total. The summed E-state index contributed by atoms with van der Waals surface area (Å²) in [6.45, 7) is 4.74. The molecule has 3 atom stereocenters. The van der Waals surface area contributed by atoms with E-state index >= 15 is 0 Å². The number of fused-ring (bicyclic) bond motifs is 1. The van der Waals surface area contributed by atoms with Crippen LogP contribution in [-0.4, -0.2) is 51.6 Å². The molecule has 2 fully saturated rings. The molecule has 10 heteroatoms. The number of amides is 1. The first-order chi connectivity index (χ1) is 14.8. The van der Waals surface area contributed by atoms with E-state index in [-0.39, 0.29) is 30.3 Å². The summed E-state index contributed by atoms with van der Waals surface area (Å²) in [4.78, 5) is 26.8. The van der Waals surface area contributed by atoms with Crippen LogP contribution in [0.2, 0.25) is 0 Å². The van der Waals surface area contributed by atoms with E-state index in [0.29, 0.717) is 48.8 Å². The number of aryl methyl sites for hydroxylation is 1. The van der Waals surface area contributed by atoms with E-state index in [4.69, 9.17) is 9.47 Å². The van der Waals surface area contributed by atoms with Gasteiger partial charge in [-0.25, -0.2) is 15.0 Å². The lowest BCUT2D eigenvalue weighted by Gasteiger charge is -2.35. The second-order valence-electron chi connectivity index (χ2n) is 7.90. The van der Waals surface area contributed by atoms with Crippen molar-refractivity contribution in [2.75, 3.05) is 19.8 Å². The number of alkyl halides is 3. The van der Waals surface area contributed by atoms with Crippen LogP contribution >= 0.6 is 0 Å². The van der Waals surface area contributed by atoms with Crippen LogP contribution in [0.15, 0.2) is 24.5 Å². The quantitative estimate of drug-likeness (QED) is 0.690. The molecule has 0 bridgehead atoms. The van der Waals surface area contributed by atoms with E-state index in [2.05, 4.69) is 15.0 Å². The highest BCUT2D eigenvalue weighted by Gasteiger charge is 2.48. The van der Waals surface area contributed by atoms with Crippen LogP contribution in [0.25, 0.3) is 0 Å². The number of hydrogen-bond acceptors (Lipinski definition) is 6. The normalized spacial score (nSPS) is 22.6. The number of pyridine rings is 1. The number of piperidine rings is 1. The van der Waals surface area contributed by atoms with E-state index < -0.39 is 11.7 Å². The van der Waals surface area contributed by atoms with Gasteiger partial charge < -0.3 is 14.4 Å². The van der Waals surface area contributed by atoms with Gasteiger partial charge in [0.05, 0.1) is 18.2 Å². The minimum absolute atomic E-state index is 0.0934. The SMILES string of the molecule is CCOc1ccc(C)nc1C(=O)N1C[C@@H]2CC2C[C@H]1COc1ncc(C(F)(F)F)cn1. The number of aromatic nitrogens is 3. The van der Waals surface area contributed by atoms with Gasteiger partial charge >= 0.3 is 12.2 Å². The van der Waals surface area contributed by atoms with Gasteiger partial charge in [0, 0.05) is 24.6 Å². The summed E-state index contributed by atoms with van der Waals surface area (Å²) in [6, 6.07) is 3.13. The molecule has 0 aromatic carbocycles. The van der Waals surface area contributed by atoms with Gasteiger partial charge in [0.15, 0.2) is 11.4 Å². The maximum Gasteiger partial charge on any atom is 0.419 e. The second kappa shape index (κ2) is 8.32. The fraction of sp³-hybridized carbons (Fsp3) is 0.524.